The van der Waals surface area contributed by atoms with E-state index in [0.29, 0.717) is 23.7 Å². The van der Waals surface area contributed by atoms with Crippen molar-refractivity contribution in [2.24, 2.45) is 0 Å². The Morgan fingerprint density at radius 3 is 2.68 bits per heavy atom. The van der Waals surface area contributed by atoms with Gasteiger partial charge >= 0.3 is 0 Å². The third-order valence-corrected chi connectivity index (χ3v) is 4.48. The summed E-state index contributed by atoms with van der Waals surface area (Å²) in [6, 6.07) is 15.1. The van der Waals surface area contributed by atoms with E-state index < -0.39 is 0 Å². The van der Waals surface area contributed by atoms with Crippen molar-refractivity contribution < 1.29 is 9.53 Å². The summed E-state index contributed by atoms with van der Waals surface area (Å²) >= 11 is 7.71. The van der Waals surface area contributed by atoms with E-state index in [-0.39, 0.29) is 5.91 Å². The molecule has 0 radical (unpaired) electrons. The summed E-state index contributed by atoms with van der Waals surface area (Å²) in [7, 11) is 1.67. The highest BCUT2D eigenvalue weighted by Gasteiger charge is 2.11. The van der Waals surface area contributed by atoms with E-state index in [1.165, 1.54) is 0 Å². The molecule has 3 nitrogen and oxygen atoms in total. The number of methoxy groups -OCH3 is 1. The number of thioether (sulfide) groups is 1. The number of nitrogens with one attached hydrogen (secondary N) is 1. The largest absolute Gasteiger partial charge is 0.384 e. The van der Waals surface area contributed by atoms with Crippen molar-refractivity contribution in [2.75, 3.05) is 19.5 Å². The summed E-state index contributed by atoms with van der Waals surface area (Å²) < 4.78 is 5.05. The van der Waals surface area contributed by atoms with Crippen LogP contribution in [0.4, 0.5) is 0 Å². The van der Waals surface area contributed by atoms with Gasteiger partial charge in [-0.15, -0.1) is 11.8 Å². The zero-order chi connectivity index (χ0) is 15.8. The molecule has 0 aromatic heterocycles. The van der Waals surface area contributed by atoms with Crippen LogP contribution < -0.4 is 5.32 Å². The minimum atomic E-state index is -0.0968. The van der Waals surface area contributed by atoms with Gasteiger partial charge in [0.1, 0.15) is 0 Å². The zero-order valence-electron chi connectivity index (χ0n) is 12.3. The summed E-state index contributed by atoms with van der Waals surface area (Å²) in [5, 5.41) is 3.58. The van der Waals surface area contributed by atoms with Crippen LogP contribution in [0.3, 0.4) is 0 Å². The summed E-state index contributed by atoms with van der Waals surface area (Å²) in [5.41, 5.74) is 1.58. The molecular formula is C17H18ClNO2S. The van der Waals surface area contributed by atoms with Crippen molar-refractivity contribution in [3.8, 4) is 0 Å². The van der Waals surface area contributed by atoms with E-state index in [1.807, 2.05) is 48.5 Å². The van der Waals surface area contributed by atoms with Gasteiger partial charge in [0.2, 0.25) is 0 Å². The second kappa shape index (κ2) is 8.83. The van der Waals surface area contributed by atoms with Crippen LogP contribution in [0.5, 0.6) is 0 Å². The standard InChI is InChI=1S/C17H18ClNO2S/c1-21-10-11-22-16-9-5-3-7-14(16)17(20)19-12-13-6-2-4-8-15(13)18/h2-9H,10-12H2,1H3,(H,19,20). The second-order valence-electron chi connectivity index (χ2n) is 4.61. The van der Waals surface area contributed by atoms with Crippen LogP contribution in [0.2, 0.25) is 5.02 Å². The Bertz CT molecular complexity index is 634. The molecule has 0 fully saturated rings. The number of rotatable bonds is 7. The van der Waals surface area contributed by atoms with Gasteiger partial charge in [0.15, 0.2) is 0 Å². The van der Waals surface area contributed by atoms with Crippen LogP contribution in [0.15, 0.2) is 53.4 Å². The SMILES string of the molecule is COCCSc1ccccc1C(=O)NCc1ccccc1Cl. The number of amides is 1. The molecular weight excluding hydrogens is 318 g/mol. The van der Waals surface area contributed by atoms with Crippen LogP contribution in [0.25, 0.3) is 0 Å². The Morgan fingerprint density at radius 2 is 1.91 bits per heavy atom. The lowest BCUT2D eigenvalue weighted by Gasteiger charge is -2.10. The zero-order valence-corrected chi connectivity index (χ0v) is 13.9. The first-order valence-corrected chi connectivity index (χ1v) is 8.31. The Labute approximate surface area is 140 Å². The Kier molecular flexibility index (Phi) is 6.77. The Balaban J connectivity index is 2.01. The minimum Gasteiger partial charge on any atom is -0.384 e. The van der Waals surface area contributed by atoms with E-state index in [4.69, 9.17) is 16.3 Å². The lowest BCUT2D eigenvalue weighted by atomic mass is 10.2. The van der Waals surface area contributed by atoms with Gasteiger partial charge in [-0.1, -0.05) is 41.9 Å². The first-order chi connectivity index (χ1) is 10.7. The predicted molar refractivity (Wildman–Crippen MR) is 91.7 cm³/mol. The third kappa shape index (κ3) is 4.77. The van der Waals surface area contributed by atoms with Gasteiger partial charge in [0, 0.05) is 29.3 Å². The average molecular weight is 336 g/mol. The number of benzene rings is 2. The fourth-order valence-electron chi connectivity index (χ4n) is 1.93. The van der Waals surface area contributed by atoms with Gasteiger partial charge in [-0.25, -0.2) is 0 Å². The van der Waals surface area contributed by atoms with Crippen molar-refractivity contribution in [2.45, 2.75) is 11.4 Å². The van der Waals surface area contributed by atoms with E-state index in [2.05, 4.69) is 5.32 Å². The van der Waals surface area contributed by atoms with Crippen LogP contribution in [0.1, 0.15) is 15.9 Å². The van der Waals surface area contributed by atoms with Gasteiger partial charge in [-0.3, -0.25) is 4.79 Å². The maximum absolute atomic E-state index is 12.4. The van der Waals surface area contributed by atoms with Crippen LogP contribution >= 0.6 is 23.4 Å². The van der Waals surface area contributed by atoms with Crippen molar-refractivity contribution in [3.63, 3.8) is 0 Å². The molecule has 0 bridgehead atoms. The van der Waals surface area contributed by atoms with E-state index in [1.54, 1.807) is 18.9 Å². The van der Waals surface area contributed by atoms with Crippen molar-refractivity contribution in [1.82, 2.24) is 5.32 Å². The average Bonchev–Trinajstić information content (AvgIpc) is 2.54. The van der Waals surface area contributed by atoms with Gasteiger partial charge in [-0.05, 0) is 23.8 Å². The highest BCUT2D eigenvalue weighted by atomic mass is 35.5. The summed E-state index contributed by atoms with van der Waals surface area (Å²) in [5.74, 6) is 0.714. The molecule has 0 saturated heterocycles. The molecule has 0 aliphatic heterocycles. The smallest absolute Gasteiger partial charge is 0.252 e. The number of hydrogen-bond acceptors (Lipinski definition) is 3. The molecule has 116 valence electrons. The molecule has 5 heteroatoms. The lowest BCUT2D eigenvalue weighted by molar-refractivity contribution is 0.0948. The molecule has 0 aliphatic rings. The molecule has 0 heterocycles. The molecule has 0 unspecified atom stereocenters. The van der Waals surface area contributed by atoms with E-state index in [9.17, 15) is 4.79 Å². The first-order valence-electron chi connectivity index (χ1n) is 6.94. The highest BCUT2D eigenvalue weighted by molar-refractivity contribution is 7.99. The number of carbonyl (C=O) groups is 1. The fraction of sp³-hybridized carbons (Fsp3) is 0.235. The van der Waals surface area contributed by atoms with Crippen molar-refractivity contribution in [1.29, 1.82) is 0 Å². The van der Waals surface area contributed by atoms with Gasteiger partial charge in [-0.2, -0.15) is 0 Å². The quantitative estimate of drug-likeness (QED) is 0.613. The van der Waals surface area contributed by atoms with Crippen molar-refractivity contribution >= 4 is 29.3 Å². The van der Waals surface area contributed by atoms with Gasteiger partial charge in [0.25, 0.3) is 5.91 Å². The van der Waals surface area contributed by atoms with Crippen molar-refractivity contribution in [3.05, 3.63) is 64.7 Å². The highest BCUT2D eigenvalue weighted by Crippen LogP contribution is 2.22. The lowest BCUT2D eigenvalue weighted by Crippen LogP contribution is -2.23. The van der Waals surface area contributed by atoms with Gasteiger partial charge < -0.3 is 10.1 Å². The fourth-order valence-corrected chi connectivity index (χ4v) is 3.09. The topological polar surface area (TPSA) is 38.3 Å². The normalized spacial score (nSPS) is 10.5. The van der Waals surface area contributed by atoms with Crippen LogP contribution in [-0.4, -0.2) is 25.4 Å². The summed E-state index contributed by atoms with van der Waals surface area (Å²) in [6.07, 6.45) is 0. The molecule has 0 aliphatic carbocycles. The van der Waals surface area contributed by atoms with Crippen LogP contribution in [-0.2, 0) is 11.3 Å². The number of carbonyl (C=O) groups excluding carboxylic acids is 1. The molecule has 2 aromatic carbocycles. The monoisotopic (exact) mass is 335 g/mol. The minimum absolute atomic E-state index is 0.0968. The summed E-state index contributed by atoms with van der Waals surface area (Å²) in [4.78, 5) is 13.3. The second-order valence-corrected chi connectivity index (χ2v) is 6.16. The van der Waals surface area contributed by atoms with E-state index >= 15 is 0 Å². The molecule has 2 rings (SSSR count). The third-order valence-electron chi connectivity index (χ3n) is 3.07. The molecule has 0 atom stereocenters. The molecule has 0 spiro atoms. The van der Waals surface area contributed by atoms with Crippen LogP contribution in [0, 0.1) is 0 Å². The molecule has 2 aromatic rings. The maximum Gasteiger partial charge on any atom is 0.252 e. The Morgan fingerprint density at radius 1 is 1.18 bits per heavy atom. The van der Waals surface area contributed by atoms with E-state index in [0.717, 1.165) is 16.2 Å². The summed E-state index contributed by atoms with van der Waals surface area (Å²) in [6.45, 7) is 1.07. The number of halogens is 1. The maximum atomic E-state index is 12.4. The number of ether oxygens (including phenoxy) is 1. The molecule has 1 amide bonds. The van der Waals surface area contributed by atoms with Gasteiger partial charge in [0.05, 0.1) is 12.2 Å². The first kappa shape index (κ1) is 16.9. The Hall–Kier alpha value is -1.49. The molecule has 1 N–H and O–H groups in total. The predicted octanol–water partition coefficient (Wildman–Crippen LogP) is 4.01. The molecule has 22 heavy (non-hydrogen) atoms. The number of hydrogen-bond donors (Lipinski definition) is 1. The molecule has 0 saturated carbocycles.